The fraction of sp³-hybridized carbons (Fsp3) is 0.875. The van der Waals surface area contributed by atoms with Gasteiger partial charge in [-0.3, -0.25) is 4.79 Å². The first kappa shape index (κ1) is 18.7. The van der Waals surface area contributed by atoms with Crippen LogP contribution in [-0.4, -0.2) is 23.0 Å². The third kappa shape index (κ3) is 2.81. The summed E-state index contributed by atoms with van der Waals surface area (Å²) in [5, 5.41) is 5.20. The normalized spacial score (nSPS) is 52.4. The van der Waals surface area contributed by atoms with Crippen LogP contribution in [0.2, 0.25) is 0 Å². The van der Waals surface area contributed by atoms with Crippen molar-refractivity contribution in [2.75, 3.05) is 6.54 Å². The molecule has 5 aliphatic rings. The molecule has 27 heavy (non-hydrogen) atoms. The van der Waals surface area contributed by atoms with Gasteiger partial charge in [0, 0.05) is 17.1 Å². The van der Waals surface area contributed by atoms with Crippen LogP contribution in [0, 0.1) is 34.5 Å². The standard InChI is InChI=1S/C24H37NOS/c1-15-13-17-18-6-7-21(26)24(18,3)11-9-19(17)23(2)10-8-16(14-20(15)23)27-22-5-4-12-25-22/h16-20,22,25H,1,4-14H2,2-3H3/t16-,17+,18+,19+,20?,22?,23-,24+/m1/s1. The van der Waals surface area contributed by atoms with Crippen LogP contribution in [-0.2, 0) is 4.79 Å². The van der Waals surface area contributed by atoms with Crippen LogP contribution >= 0.6 is 11.8 Å². The molecule has 1 aliphatic heterocycles. The van der Waals surface area contributed by atoms with Gasteiger partial charge < -0.3 is 5.32 Å². The molecule has 1 N–H and O–H groups in total. The highest BCUT2D eigenvalue weighted by atomic mass is 32.2. The van der Waals surface area contributed by atoms with E-state index in [-0.39, 0.29) is 5.41 Å². The topological polar surface area (TPSA) is 29.1 Å². The van der Waals surface area contributed by atoms with E-state index in [0.717, 1.165) is 36.3 Å². The molecule has 5 rings (SSSR count). The fourth-order valence-corrected chi connectivity index (χ4v) is 9.64. The van der Waals surface area contributed by atoms with Crippen LogP contribution in [0.25, 0.3) is 0 Å². The third-order valence-corrected chi connectivity index (χ3v) is 11.2. The van der Waals surface area contributed by atoms with Gasteiger partial charge in [0.2, 0.25) is 0 Å². The first-order chi connectivity index (χ1) is 12.9. The molecule has 0 amide bonds. The number of allylic oxidation sites excluding steroid dienone is 1. The molecule has 8 atom stereocenters. The maximum Gasteiger partial charge on any atom is 0.139 e. The first-order valence-corrected chi connectivity index (χ1v) is 12.5. The van der Waals surface area contributed by atoms with E-state index in [2.05, 4.69) is 37.5 Å². The van der Waals surface area contributed by atoms with Crippen LogP contribution < -0.4 is 5.32 Å². The summed E-state index contributed by atoms with van der Waals surface area (Å²) in [6, 6.07) is 0. The second-order valence-electron chi connectivity index (χ2n) is 10.8. The van der Waals surface area contributed by atoms with Gasteiger partial charge in [-0.2, -0.15) is 0 Å². The lowest BCUT2D eigenvalue weighted by atomic mass is 9.44. The number of fused-ring (bicyclic) bond motifs is 5. The molecular weight excluding hydrogens is 350 g/mol. The van der Waals surface area contributed by atoms with E-state index in [0.29, 0.717) is 28.4 Å². The minimum Gasteiger partial charge on any atom is -0.305 e. The molecule has 0 radical (unpaired) electrons. The number of carbonyl (C=O) groups excluding carboxylic acids is 1. The SMILES string of the molecule is C=C1C[C@@H]2[C@H](CC[C@]3(C)C(=O)CC[C@@H]23)[C@@]2(C)CC[C@@H](SC3CCCN3)CC12. The van der Waals surface area contributed by atoms with Crippen molar-refractivity contribution in [3.8, 4) is 0 Å². The Balaban J connectivity index is 1.35. The Morgan fingerprint density at radius 3 is 2.74 bits per heavy atom. The van der Waals surface area contributed by atoms with Crippen molar-refractivity contribution in [2.45, 2.75) is 88.7 Å². The Kier molecular flexibility index (Phi) is 4.59. The van der Waals surface area contributed by atoms with E-state index < -0.39 is 0 Å². The molecule has 5 fully saturated rings. The Morgan fingerprint density at radius 1 is 1.11 bits per heavy atom. The van der Waals surface area contributed by atoms with Gasteiger partial charge in [-0.15, -0.1) is 11.8 Å². The van der Waals surface area contributed by atoms with E-state index in [1.165, 1.54) is 57.1 Å². The molecule has 2 unspecified atom stereocenters. The number of ketones is 1. The largest absolute Gasteiger partial charge is 0.305 e. The van der Waals surface area contributed by atoms with Crippen molar-refractivity contribution >= 4 is 17.5 Å². The van der Waals surface area contributed by atoms with E-state index >= 15 is 0 Å². The van der Waals surface area contributed by atoms with Crippen LogP contribution in [0.4, 0.5) is 0 Å². The Hall–Kier alpha value is -0.280. The minimum atomic E-state index is -0.00810. The first-order valence-electron chi connectivity index (χ1n) is 11.5. The van der Waals surface area contributed by atoms with Crippen LogP contribution in [0.3, 0.4) is 0 Å². The van der Waals surface area contributed by atoms with E-state index in [1.807, 2.05) is 0 Å². The molecule has 1 heterocycles. The van der Waals surface area contributed by atoms with Gasteiger partial charge in [0.15, 0.2) is 0 Å². The zero-order valence-electron chi connectivity index (χ0n) is 17.3. The number of hydrogen-bond acceptors (Lipinski definition) is 3. The number of thioether (sulfide) groups is 1. The second-order valence-corrected chi connectivity index (χ2v) is 12.3. The molecule has 2 nitrogen and oxygen atoms in total. The van der Waals surface area contributed by atoms with Crippen LogP contribution in [0.1, 0.15) is 78.1 Å². The highest BCUT2D eigenvalue weighted by molar-refractivity contribution is 8.00. The Bertz CT molecular complexity index is 640. The Morgan fingerprint density at radius 2 is 1.96 bits per heavy atom. The fourth-order valence-electron chi connectivity index (χ4n) is 8.10. The quantitative estimate of drug-likeness (QED) is 0.628. The summed E-state index contributed by atoms with van der Waals surface area (Å²) < 4.78 is 0. The monoisotopic (exact) mass is 387 g/mol. The maximum absolute atomic E-state index is 12.6. The smallest absolute Gasteiger partial charge is 0.139 e. The van der Waals surface area contributed by atoms with E-state index in [1.54, 1.807) is 0 Å². The van der Waals surface area contributed by atoms with Crippen molar-refractivity contribution in [1.29, 1.82) is 0 Å². The summed E-state index contributed by atoms with van der Waals surface area (Å²) in [5.41, 5.74) is 1.96. The molecule has 150 valence electrons. The molecule has 0 bridgehead atoms. The van der Waals surface area contributed by atoms with Gasteiger partial charge in [-0.1, -0.05) is 26.0 Å². The van der Waals surface area contributed by atoms with Crippen molar-refractivity contribution in [3.05, 3.63) is 12.2 Å². The summed E-state index contributed by atoms with van der Waals surface area (Å²) in [4.78, 5) is 12.6. The maximum atomic E-state index is 12.6. The zero-order chi connectivity index (χ0) is 18.8. The average Bonchev–Trinajstić information content (AvgIpc) is 3.25. The molecule has 0 spiro atoms. The van der Waals surface area contributed by atoms with Crippen molar-refractivity contribution in [2.24, 2.45) is 34.5 Å². The summed E-state index contributed by atoms with van der Waals surface area (Å²) in [7, 11) is 0. The van der Waals surface area contributed by atoms with Crippen molar-refractivity contribution < 1.29 is 4.79 Å². The molecular formula is C24H37NOS. The molecule has 0 aromatic heterocycles. The Labute approximate surface area is 169 Å². The minimum absolute atomic E-state index is 0.00810. The number of carbonyl (C=O) groups is 1. The lowest BCUT2D eigenvalue weighted by molar-refractivity contribution is -0.135. The van der Waals surface area contributed by atoms with Crippen LogP contribution in [0.15, 0.2) is 12.2 Å². The summed E-state index contributed by atoms with van der Waals surface area (Å²) in [5.74, 6) is 3.46. The molecule has 0 aromatic rings. The molecule has 1 saturated heterocycles. The van der Waals surface area contributed by atoms with Gasteiger partial charge >= 0.3 is 0 Å². The van der Waals surface area contributed by atoms with Crippen LogP contribution in [0.5, 0.6) is 0 Å². The molecule has 0 aromatic carbocycles. The summed E-state index contributed by atoms with van der Waals surface area (Å²) in [6.45, 7) is 10.8. The third-order valence-electron chi connectivity index (χ3n) is 9.66. The predicted octanol–water partition coefficient (Wildman–Crippen LogP) is 5.58. The van der Waals surface area contributed by atoms with Gasteiger partial charge in [0.1, 0.15) is 5.78 Å². The van der Waals surface area contributed by atoms with Crippen molar-refractivity contribution in [3.63, 3.8) is 0 Å². The number of hydrogen-bond donors (Lipinski definition) is 1. The number of Topliss-reactive ketones (excluding diaryl/α,β-unsaturated/α-hetero) is 1. The van der Waals surface area contributed by atoms with Gasteiger partial charge in [-0.25, -0.2) is 0 Å². The average molecular weight is 388 g/mol. The predicted molar refractivity (Wildman–Crippen MR) is 114 cm³/mol. The molecule has 3 heteroatoms. The number of nitrogens with one attached hydrogen (secondary N) is 1. The van der Waals surface area contributed by atoms with E-state index in [9.17, 15) is 4.79 Å². The highest BCUT2D eigenvalue weighted by Crippen LogP contribution is 2.66. The van der Waals surface area contributed by atoms with Gasteiger partial charge in [-0.05, 0) is 93.4 Å². The van der Waals surface area contributed by atoms with Crippen molar-refractivity contribution in [1.82, 2.24) is 5.32 Å². The summed E-state index contributed by atoms with van der Waals surface area (Å²) in [6.07, 6.45) is 12.4. The lowest BCUT2D eigenvalue weighted by Crippen LogP contribution is -2.54. The molecule has 4 saturated carbocycles. The molecule has 4 aliphatic carbocycles. The second kappa shape index (κ2) is 6.62. The number of rotatable bonds is 2. The van der Waals surface area contributed by atoms with Gasteiger partial charge in [0.25, 0.3) is 0 Å². The lowest BCUT2D eigenvalue weighted by Gasteiger charge is -2.61. The van der Waals surface area contributed by atoms with E-state index in [4.69, 9.17) is 0 Å². The highest BCUT2D eigenvalue weighted by Gasteiger charge is 2.61. The summed E-state index contributed by atoms with van der Waals surface area (Å²) >= 11 is 2.23. The van der Waals surface area contributed by atoms with Gasteiger partial charge in [0.05, 0.1) is 5.37 Å². The zero-order valence-corrected chi connectivity index (χ0v) is 18.1.